The lowest BCUT2D eigenvalue weighted by Crippen LogP contribution is -2.43. The summed E-state index contributed by atoms with van der Waals surface area (Å²) in [5.41, 5.74) is 0.762. The molecule has 5 heteroatoms. The van der Waals surface area contributed by atoms with Gasteiger partial charge in [-0.05, 0) is 12.1 Å². The Balaban J connectivity index is 2.16. The van der Waals surface area contributed by atoms with Crippen molar-refractivity contribution in [3.05, 3.63) is 34.7 Å². The van der Waals surface area contributed by atoms with E-state index >= 15 is 0 Å². The van der Waals surface area contributed by atoms with E-state index in [2.05, 4.69) is 10.2 Å². The van der Waals surface area contributed by atoms with Gasteiger partial charge in [0.25, 0.3) is 0 Å². The summed E-state index contributed by atoms with van der Waals surface area (Å²) in [6, 6.07) is 7.11. The normalized spacial score (nSPS) is 16.1. The molecule has 5 nitrogen and oxygen atoms in total. The lowest BCUT2D eigenvalue weighted by Gasteiger charge is -2.29. The van der Waals surface area contributed by atoms with E-state index in [-0.39, 0.29) is 5.75 Å². The molecule has 2 aromatic rings. The molecule has 2 heterocycles. The van der Waals surface area contributed by atoms with Gasteiger partial charge in [0.05, 0.1) is 5.69 Å². The first kappa shape index (κ1) is 11.1. The van der Waals surface area contributed by atoms with Crippen LogP contribution < -0.4 is 15.8 Å². The lowest BCUT2D eigenvalue weighted by molar-refractivity contribution is 0.428. The first-order valence-corrected chi connectivity index (χ1v) is 5.97. The van der Waals surface area contributed by atoms with Gasteiger partial charge in [0.1, 0.15) is 0 Å². The van der Waals surface area contributed by atoms with Crippen LogP contribution in [-0.4, -0.2) is 31.3 Å². The Morgan fingerprint density at radius 1 is 1.28 bits per heavy atom. The van der Waals surface area contributed by atoms with Crippen LogP contribution >= 0.6 is 0 Å². The zero-order valence-corrected chi connectivity index (χ0v) is 9.85. The fourth-order valence-electron chi connectivity index (χ4n) is 2.27. The van der Waals surface area contributed by atoms with Gasteiger partial charge in [-0.15, -0.1) is 0 Å². The van der Waals surface area contributed by atoms with Gasteiger partial charge in [-0.1, -0.05) is 12.1 Å². The summed E-state index contributed by atoms with van der Waals surface area (Å²) in [5.74, 6) is -0.347. The zero-order chi connectivity index (χ0) is 12.5. The Morgan fingerprint density at radius 2 is 2.06 bits per heavy atom. The minimum Gasteiger partial charge on any atom is -0.502 e. The summed E-state index contributed by atoms with van der Waals surface area (Å²) in [5, 5.41) is 13.4. The van der Waals surface area contributed by atoms with E-state index in [0.29, 0.717) is 5.58 Å². The highest BCUT2D eigenvalue weighted by atomic mass is 16.4. The highest BCUT2D eigenvalue weighted by Crippen LogP contribution is 2.27. The number of piperazine rings is 1. The van der Waals surface area contributed by atoms with Crippen molar-refractivity contribution in [1.82, 2.24) is 5.32 Å². The van der Waals surface area contributed by atoms with Crippen LogP contribution in [0, 0.1) is 0 Å². The molecule has 2 N–H and O–H groups in total. The highest BCUT2D eigenvalue weighted by Gasteiger charge is 2.15. The summed E-state index contributed by atoms with van der Waals surface area (Å²) in [4.78, 5) is 13.6. The Morgan fingerprint density at radius 3 is 2.83 bits per heavy atom. The summed E-state index contributed by atoms with van der Waals surface area (Å²) in [6.07, 6.45) is 0. The van der Waals surface area contributed by atoms with Crippen molar-refractivity contribution >= 4 is 16.7 Å². The van der Waals surface area contributed by atoms with E-state index in [1.54, 1.807) is 0 Å². The number of hydrogen-bond acceptors (Lipinski definition) is 5. The Bertz CT molecular complexity index is 630. The van der Waals surface area contributed by atoms with E-state index in [1.165, 1.54) is 6.07 Å². The van der Waals surface area contributed by atoms with Gasteiger partial charge in [-0.3, -0.25) is 0 Å². The average molecular weight is 246 g/mol. The largest absolute Gasteiger partial charge is 0.502 e. The minimum atomic E-state index is -0.690. The number of aromatic hydroxyl groups is 1. The summed E-state index contributed by atoms with van der Waals surface area (Å²) in [6.45, 7) is 3.59. The van der Waals surface area contributed by atoms with E-state index < -0.39 is 5.63 Å². The van der Waals surface area contributed by atoms with Crippen molar-refractivity contribution in [3.63, 3.8) is 0 Å². The quantitative estimate of drug-likeness (QED) is 0.732. The van der Waals surface area contributed by atoms with Gasteiger partial charge in [0.15, 0.2) is 5.58 Å². The van der Waals surface area contributed by atoms with Crippen LogP contribution in [-0.2, 0) is 0 Å². The van der Waals surface area contributed by atoms with Crippen molar-refractivity contribution in [3.8, 4) is 5.75 Å². The summed E-state index contributed by atoms with van der Waals surface area (Å²) in [7, 11) is 0. The molecule has 1 aliphatic rings. The molecule has 0 amide bonds. The highest BCUT2D eigenvalue weighted by molar-refractivity contribution is 5.89. The van der Waals surface area contributed by atoms with Gasteiger partial charge in [-0.2, -0.15) is 0 Å². The second-order valence-electron chi connectivity index (χ2n) is 4.35. The van der Waals surface area contributed by atoms with E-state index in [1.807, 2.05) is 18.2 Å². The maximum Gasteiger partial charge on any atom is 0.378 e. The zero-order valence-electron chi connectivity index (χ0n) is 9.85. The SMILES string of the molecule is O=c1oc2c(N3CCNCC3)cccc2cc1O. The molecule has 0 aliphatic carbocycles. The number of anilines is 1. The molecule has 0 saturated carbocycles. The molecule has 0 unspecified atom stereocenters. The maximum atomic E-state index is 11.4. The molecule has 0 atom stereocenters. The topological polar surface area (TPSA) is 65.7 Å². The van der Waals surface area contributed by atoms with Gasteiger partial charge in [-0.25, -0.2) is 4.79 Å². The number of nitrogens with one attached hydrogen (secondary N) is 1. The molecule has 0 bridgehead atoms. The Kier molecular flexibility index (Phi) is 2.68. The fraction of sp³-hybridized carbons (Fsp3) is 0.308. The number of hydrogen-bond donors (Lipinski definition) is 2. The standard InChI is InChI=1S/C13H14N2O3/c16-11-8-9-2-1-3-10(12(9)18-13(11)17)15-6-4-14-5-7-15/h1-3,8,14,16H,4-7H2. The second kappa shape index (κ2) is 4.34. The fourth-order valence-corrected chi connectivity index (χ4v) is 2.27. The van der Waals surface area contributed by atoms with Gasteiger partial charge in [0, 0.05) is 31.6 Å². The second-order valence-corrected chi connectivity index (χ2v) is 4.35. The van der Waals surface area contributed by atoms with Crippen molar-refractivity contribution in [2.24, 2.45) is 0 Å². The van der Waals surface area contributed by atoms with E-state index in [0.717, 1.165) is 37.3 Å². The van der Waals surface area contributed by atoms with Gasteiger partial charge < -0.3 is 19.7 Å². The van der Waals surface area contributed by atoms with Crippen molar-refractivity contribution in [1.29, 1.82) is 0 Å². The van der Waals surface area contributed by atoms with Gasteiger partial charge >= 0.3 is 5.63 Å². The first-order chi connectivity index (χ1) is 8.75. The number of para-hydroxylation sites is 1. The predicted molar refractivity (Wildman–Crippen MR) is 69.2 cm³/mol. The molecule has 18 heavy (non-hydrogen) atoms. The summed E-state index contributed by atoms with van der Waals surface area (Å²) >= 11 is 0. The molecule has 0 radical (unpaired) electrons. The molecular weight excluding hydrogens is 232 g/mol. The van der Waals surface area contributed by atoms with Crippen molar-refractivity contribution in [2.45, 2.75) is 0 Å². The molecule has 3 rings (SSSR count). The minimum absolute atomic E-state index is 0.347. The third-order valence-electron chi connectivity index (χ3n) is 3.18. The maximum absolute atomic E-state index is 11.4. The van der Waals surface area contributed by atoms with Crippen LogP contribution in [0.1, 0.15) is 0 Å². The molecule has 94 valence electrons. The van der Waals surface area contributed by atoms with Crippen LogP contribution in [0.4, 0.5) is 5.69 Å². The van der Waals surface area contributed by atoms with Crippen molar-refractivity contribution < 1.29 is 9.52 Å². The molecule has 1 aromatic heterocycles. The number of rotatable bonds is 1. The van der Waals surface area contributed by atoms with Crippen molar-refractivity contribution in [2.75, 3.05) is 31.1 Å². The predicted octanol–water partition coefficient (Wildman–Crippen LogP) is 0.908. The van der Waals surface area contributed by atoms with E-state index in [9.17, 15) is 9.90 Å². The van der Waals surface area contributed by atoms with E-state index in [4.69, 9.17) is 4.42 Å². The Hall–Kier alpha value is -2.01. The van der Waals surface area contributed by atoms with Crippen LogP contribution in [0.15, 0.2) is 33.5 Å². The number of benzene rings is 1. The van der Waals surface area contributed by atoms with Crippen LogP contribution in [0.3, 0.4) is 0 Å². The average Bonchev–Trinajstić information content (AvgIpc) is 2.40. The first-order valence-electron chi connectivity index (χ1n) is 5.97. The molecule has 1 fully saturated rings. The monoisotopic (exact) mass is 246 g/mol. The number of nitrogens with zero attached hydrogens (tertiary/aromatic N) is 1. The number of fused-ring (bicyclic) bond motifs is 1. The third kappa shape index (κ3) is 1.82. The Labute approximate surface area is 104 Å². The molecule has 1 aliphatic heterocycles. The lowest BCUT2D eigenvalue weighted by atomic mass is 10.2. The van der Waals surface area contributed by atoms with Crippen LogP contribution in [0.25, 0.3) is 11.0 Å². The van der Waals surface area contributed by atoms with Gasteiger partial charge in [0.2, 0.25) is 5.75 Å². The molecule has 1 saturated heterocycles. The molecule has 1 aromatic carbocycles. The molecule has 0 spiro atoms. The smallest absolute Gasteiger partial charge is 0.378 e. The summed E-state index contributed by atoms with van der Waals surface area (Å²) < 4.78 is 5.21. The molecular formula is C13H14N2O3. The van der Waals surface area contributed by atoms with Crippen LogP contribution in [0.5, 0.6) is 5.75 Å². The third-order valence-corrected chi connectivity index (χ3v) is 3.18. The van der Waals surface area contributed by atoms with Crippen LogP contribution in [0.2, 0.25) is 0 Å².